The van der Waals surface area contributed by atoms with E-state index in [2.05, 4.69) is 98.7 Å². The summed E-state index contributed by atoms with van der Waals surface area (Å²) in [5.41, 5.74) is 21.0. The van der Waals surface area contributed by atoms with Gasteiger partial charge in [-0.25, -0.2) is 9.59 Å². The summed E-state index contributed by atoms with van der Waals surface area (Å²) >= 11 is 0. The van der Waals surface area contributed by atoms with Crippen molar-refractivity contribution < 1.29 is 64.6 Å². The maximum Gasteiger partial charge on any atom is 0.378 e. The van der Waals surface area contributed by atoms with E-state index in [0.29, 0.717) is 51.9 Å². The fraction of sp³-hybridized carbons (Fsp3) is 0.424. The van der Waals surface area contributed by atoms with Crippen LogP contribution in [0.1, 0.15) is 188 Å². The molecule has 8 aromatic heterocycles. The number of hydrogen-bond donors (Lipinski definition) is 8. The van der Waals surface area contributed by atoms with Gasteiger partial charge < -0.3 is 85.0 Å². The molecule has 11 N–H and O–H groups in total. The normalized spacial score (nSPS) is 11.8. The van der Waals surface area contributed by atoms with E-state index in [1.54, 1.807) is 143 Å². The standard InChI is InChI=1S/C25H26N4O3.C15H12N2O3.C10H14N2O3.2C10H16N2O.C7H12O2.C4H7NO4.C4H9N.C3H6N2O3.C3H6.CH5N.H2/c1-25(2,3)17-14-19(24(31)28(4)15-17)27-23(30)20-13-16-7-6-8-21(22(16)29(20)5)32-18-9-11-26-12-10-18;1-17-12(15(18)19)9-10-3-2-4-13(14(10)17)20-11-5-7-16-8-6-11;1-10(2,3)7-5-8(12(14)15)9(13)11(4)6-7;2*1-10(2,3)7-5-8(11)9(13)12(4)6-7;1-7(2,3)6(4-8)5-9;1-2-9-4(6)3-5(7)8;1-2-4-5-3-1;1-4-3(6)2-5(7)8;1-2-3-1;1-2;/h6-15H,1-5H3,(H,27,30);2-9H,1H3,(H,18,19);5-6H,1-4H3;2*5-6H,11H2,1-4H3;4-5,8H,1-3H3;2-3H2,1H3;5H,1-4H2;2H2,1H3,(H,4,6);1-3H2;2H2,1H3;1H/b;;;;;6-4+;;;;;;. The Kier molecular flexibility index (Phi) is 44.4. The summed E-state index contributed by atoms with van der Waals surface area (Å²) in [7, 11) is 13.0. The van der Waals surface area contributed by atoms with E-state index in [0.717, 1.165) is 50.3 Å². The third-order valence-electron chi connectivity index (χ3n) is 18.5. The molecule has 2 fully saturated rings. The number of nitrogens with zero attached hydrogens (tertiary/aromatic N) is 11. The Bertz CT molecular complexity index is 5560. The zero-order chi connectivity index (χ0) is 98.4. The number of nitrogen functional groups attached to an aromatic ring is 2. The second kappa shape index (κ2) is 51.6. The van der Waals surface area contributed by atoms with Crippen LogP contribution in [0.15, 0.2) is 178 Å². The van der Waals surface area contributed by atoms with Crippen molar-refractivity contribution in [3.05, 3.63) is 264 Å². The average molecular weight is 1800 g/mol. The Hall–Kier alpha value is -14.0. The maximum absolute atomic E-state index is 13.2. The number of aliphatic hydroxyl groups is 1. The van der Waals surface area contributed by atoms with Crippen molar-refractivity contribution >= 4 is 74.6 Å². The highest BCUT2D eigenvalue weighted by Crippen LogP contribution is 2.35. The van der Waals surface area contributed by atoms with Gasteiger partial charge in [0.25, 0.3) is 41.6 Å². The number of aromatic nitrogens is 8. The van der Waals surface area contributed by atoms with Crippen LogP contribution >= 0.6 is 0 Å². The lowest BCUT2D eigenvalue weighted by molar-refractivity contribution is -0.470. The summed E-state index contributed by atoms with van der Waals surface area (Å²) < 4.78 is 25.3. The smallest absolute Gasteiger partial charge is 0.378 e. The number of pyridine rings is 6. The van der Waals surface area contributed by atoms with Crippen molar-refractivity contribution in [2.24, 2.45) is 53.4 Å². The van der Waals surface area contributed by atoms with Crippen LogP contribution in [0, 0.1) is 35.8 Å². The molecule has 37 nitrogen and oxygen atoms in total. The summed E-state index contributed by atoms with van der Waals surface area (Å²) in [5, 5.41) is 57.2. The molecule has 0 bridgehead atoms. The molecule has 2 aromatic carbocycles. The van der Waals surface area contributed by atoms with Crippen molar-refractivity contribution in [1.82, 2.24) is 48.0 Å². The van der Waals surface area contributed by atoms with Crippen LogP contribution in [-0.4, -0.2) is 139 Å². The average Bonchev–Trinajstić information content (AvgIpc) is 1.62. The minimum absolute atomic E-state index is 0. The van der Waals surface area contributed by atoms with Crippen LogP contribution in [0.2, 0.25) is 0 Å². The Labute approximate surface area is 752 Å². The number of hydrogen-bond acceptors (Lipinski definition) is 25. The number of nitrogens with two attached hydrogens (primary N) is 3. The van der Waals surface area contributed by atoms with Gasteiger partial charge in [0.2, 0.25) is 0 Å². The van der Waals surface area contributed by atoms with Crippen LogP contribution < -0.4 is 64.9 Å². The highest BCUT2D eigenvalue weighted by Gasteiger charge is 2.25. The molecule has 1 saturated carbocycles. The lowest BCUT2D eigenvalue weighted by Crippen LogP contribution is -2.27. The van der Waals surface area contributed by atoms with Crippen molar-refractivity contribution in [1.29, 1.82) is 0 Å². The van der Waals surface area contributed by atoms with E-state index >= 15 is 0 Å². The van der Waals surface area contributed by atoms with Crippen LogP contribution in [0.25, 0.3) is 21.8 Å². The molecule has 2 aliphatic rings. The molecular weight excluding hydrogens is 1660 g/mol. The molecule has 0 unspecified atom stereocenters. The number of nitrogens with one attached hydrogen (secondary N) is 3. The number of carbonyl (C=O) groups excluding carboxylic acids is 4. The molecule has 1 saturated heterocycles. The number of likely N-dealkylation sites (N-methyl/N-ethyl adjacent to an activating group) is 1. The monoisotopic (exact) mass is 1790 g/mol. The lowest BCUT2D eigenvalue weighted by atomic mass is 9.88. The summed E-state index contributed by atoms with van der Waals surface area (Å²) in [5.74, 6) is -0.129. The molecule has 1 aliphatic heterocycles. The Morgan fingerprint density at radius 1 is 0.543 bits per heavy atom. The van der Waals surface area contributed by atoms with E-state index in [4.69, 9.17) is 26.0 Å². The number of para-hydroxylation sites is 2. The molecule has 12 rings (SSSR count). The predicted molar refractivity (Wildman–Crippen MR) is 505 cm³/mol. The van der Waals surface area contributed by atoms with E-state index in [1.807, 2.05) is 90.3 Å². The van der Waals surface area contributed by atoms with E-state index in [-0.39, 0.29) is 74.8 Å². The molecule has 704 valence electrons. The number of esters is 1. The molecular formula is C92H131N17O20. The number of carbonyl (C=O) groups is 5. The number of rotatable bonds is 14. The third kappa shape index (κ3) is 37.6. The molecule has 10 aromatic rings. The summed E-state index contributed by atoms with van der Waals surface area (Å²) in [6, 6.07) is 28.2. The van der Waals surface area contributed by atoms with E-state index < -0.39 is 51.3 Å². The van der Waals surface area contributed by atoms with Gasteiger partial charge in [-0.2, -0.15) is 0 Å². The Morgan fingerprint density at radius 2 is 0.915 bits per heavy atom. The highest BCUT2D eigenvalue weighted by atomic mass is 16.6. The molecule has 2 amide bonds. The van der Waals surface area contributed by atoms with Crippen LogP contribution in [0.4, 0.5) is 22.7 Å². The first kappa shape index (κ1) is 111. The molecule has 0 spiro atoms. The van der Waals surface area contributed by atoms with Crippen molar-refractivity contribution in [2.45, 2.75) is 165 Å². The van der Waals surface area contributed by atoms with E-state index in [1.165, 1.54) is 90.7 Å². The first-order chi connectivity index (χ1) is 60.0. The van der Waals surface area contributed by atoms with Crippen LogP contribution in [0.3, 0.4) is 0 Å². The summed E-state index contributed by atoms with van der Waals surface area (Å²) in [4.78, 5) is 137. The third-order valence-corrected chi connectivity index (χ3v) is 18.5. The number of aldehydes is 1. The van der Waals surface area contributed by atoms with Gasteiger partial charge in [-0.1, -0.05) is 147 Å². The molecule has 9 heterocycles. The highest BCUT2D eigenvalue weighted by molar-refractivity contribution is 6.07. The number of aryl methyl sites for hydroxylation is 6. The van der Waals surface area contributed by atoms with Gasteiger partial charge in [0.1, 0.15) is 34.9 Å². The fourth-order valence-corrected chi connectivity index (χ4v) is 10.9. The number of carboxylic acid groups (broad SMARTS) is 1. The van der Waals surface area contributed by atoms with Crippen molar-refractivity contribution in [3.8, 4) is 23.0 Å². The number of fused-ring (bicyclic) bond motifs is 2. The fourth-order valence-electron chi connectivity index (χ4n) is 10.9. The minimum Gasteiger partial charge on any atom is -0.515 e. The number of amides is 2. The molecule has 0 radical (unpaired) electrons. The number of aliphatic hydroxyl groups excluding tert-OH is 1. The zero-order valence-electron chi connectivity index (χ0n) is 78.5. The van der Waals surface area contributed by atoms with Crippen molar-refractivity contribution in [2.75, 3.05) is 63.7 Å². The number of allylic oxidation sites excluding steroid dienone is 1. The molecule has 129 heavy (non-hydrogen) atoms. The second-order valence-corrected chi connectivity index (χ2v) is 34.4. The van der Waals surface area contributed by atoms with Gasteiger partial charge >= 0.3 is 23.2 Å². The van der Waals surface area contributed by atoms with Gasteiger partial charge in [-0.3, -0.25) is 73.9 Å². The van der Waals surface area contributed by atoms with Gasteiger partial charge in [0.05, 0.1) is 40.2 Å². The minimum atomic E-state index is -0.960. The number of nitro groups is 3. The topological polar surface area (TPSA) is 521 Å². The summed E-state index contributed by atoms with van der Waals surface area (Å²) in [6.07, 6.45) is 22.5. The number of anilines is 3. The van der Waals surface area contributed by atoms with Crippen LogP contribution in [-0.2, 0) is 83.1 Å². The SMILES string of the molecule is C1CC1.C1CCNC1.CC(C)(C)/C(C=O)=C/O.CCOC(=O)C[N+](=O)[O-].CN.CNC(=O)C[N+](=O)[O-].Cn1c(C(=O)O)cc2cccc(Oc3ccncc3)c21.Cn1cc(C(C)(C)C)cc(N)c1=O.Cn1cc(C(C)(C)C)cc(N)c1=O.Cn1cc(C(C)(C)C)cc(NC(=O)c2cc3cccc(Oc4ccncc4)c3n2C)c1=O.Cn1cc(C(C)(C)C)cc([N+](=O)[O-])c1=O.[HH]. The largest absolute Gasteiger partial charge is 0.515 e. The molecule has 37 heteroatoms. The Balaban J connectivity index is 0.000000761. The van der Waals surface area contributed by atoms with Gasteiger partial charge in [-0.15, -0.1) is 0 Å². The van der Waals surface area contributed by atoms with Gasteiger partial charge in [-0.05, 0) is 156 Å². The summed E-state index contributed by atoms with van der Waals surface area (Å²) in [6.45, 7) is 33.0. The maximum atomic E-state index is 13.2. The van der Waals surface area contributed by atoms with E-state index in [9.17, 15) is 78.6 Å². The lowest BCUT2D eigenvalue weighted by Gasteiger charge is -2.21. The number of aromatic carboxylic acids is 1. The number of ether oxygens (including phenoxy) is 3. The quantitative estimate of drug-likeness (QED) is 0.0125. The molecule has 1 aliphatic carbocycles. The van der Waals surface area contributed by atoms with Crippen molar-refractivity contribution in [3.63, 3.8) is 0 Å². The second-order valence-electron chi connectivity index (χ2n) is 34.4. The number of benzene rings is 2. The van der Waals surface area contributed by atoms with Crippen LogP contribution in [0.5, 0.6) is 23.0 Å². The van der Waals surface area contributed by atoms with Gasteiger partial charge in [0, 0.05) is 133 Å². The first-order valence-electron chi connectivity index (χ1n) is 41.1. The number of carboxylic acids is 1. The molecule has 0 atom stereocenters. The predicted octanol–water partition coefficient (Wildman–Crippen LogP) is 13.7. The van der Waals surface area contributed by atoms with Gasteiger partial charge in [0.15, 0.2) is 11.5 Å². The first-order valence-corrected chi connectivity index (χ1v) is 41.1. The zero-order valence-corrected chi connectivity index (χ0v) is 78.5. The Morgan fingerprint density at radius 3 is 1.22 bits per heavy atom.